The maximum atomic E-state index is 12.2. The van der Waals surface area contributed by atoms with Gasteiger partial charge in [0.15, 0.2) is 0 Å². The van der Waals surface area contributed by atoms with Crippen molar-refractivity contribution in [2.24, 2.45) is 0 Å². The van der Waals surface area contributed by atoms with Crippen LogP contribution in [-0.4, -0.2) is 10.8 Å². The Balaban J connectivity index is 2.28. The Morgan fingerprint density at radius 2 is 1.90 bits per heavy atom. The third-order valence-electron chi connectivity index (χ3n) is 2.84. The summed E-state index contributed by atoms with van der Waals surface area (Å²) in [4.78, 5) is 22.5. The number of nitro groups is 1. The van der Waals surface area contributed by atoms with Gasteiger partial charge in [-0.1, -0.05) is 15.9 Å². The molecule has 0 unspecified atom stereocenters. The number of halogens is 2. The van der Waals surface area contributed by atoms with Crippen LogP contribution < -0.4 is 5.32 Å². The van der Waals surface area contributed by atoms with E-state index in [-0.39, 0.29) is 11.3 Å². The van der Waals surface area contributed by atoms with Crippen molar-refractivity contribution >= 4 is 49.1 Å². The molecule has 0 aliphatic rings. The molecule has 1 N–H and O–H groups in total. The Hall–Kier alpha value is -1.73. The number of amides is 1. The van der Waals surface area contributed by atoms with Gasteiger partial charge in [-0.15, -0.1) is 0 Å². The standard InChI is InChI=1S/C14H10Br2N2O3/c1-8-6-10(15)3-5-12(8)17-14(19)9-2-4-11(16)13(7-9)18(20)21/h2-7H,1H3,(H,17,19). The number of anilines is 1. The van der Waals surface area contributed by atoms with Gasteiger partial charge in [-0.25, -0.2) is 0 Å². The van der Waals surface area contributed by atoms with E-state index in [0.717, 1.165) is 10.0 Å². The SMILES string of the molecule is Cc1cc(Br)ccc1NC(=O)c1ccc(Br)c([N+](=O)[O-])c1. The molecule has 0 aliphatic carbocycles. The fourth-order valence-corrected chi connectivity index (χ4v) is 2.62. The molecule has 2 aromatic carbocycles. The summed E-state index contributed by atoms with van der Waals surface area (Å²) in [6, 6.07) is 9.71. The van der Waals surface area contributed by atoms with Gasteiger partial charge in [0, 0.05) is 21.8 Å². The van der Waals surface area contributed by atoms with Crippen LogP contribution >= 0.6 is 31.9 Å². The van der Waals surface area contributed by atoms with Crippen molar-refractivity contribution in [1.29, 1.82) is 0 Å². The van der Waals surface area contributed by atoms with E-state index in [1.807, 2.05) is 19.1 Å². The molecule has 0 fully saturated rings. The molecule has 0 bridgehead atoms. The van der Waals surface area contributed by atoms with E-state index in [2.05, 4.69) is 37.2 Å². The normalized spacial score (nSPS) is 10.2. The average Bonchev–Trinajstić information content (AvgIpc) is 2.42. The van der Waals surface area contributed by atoms with Gasteiger partial charge in [0.1, 0.15) is 0 Å². The average molecular weight is 414 g/mol. The lowest BCUT2D eigenvalue weighted by Gasteiger charge is -2.09. The fraction of sp³-hybridized carbons (Fsp3) is 0.0714. The summed E-state index contributed by atoms with van der Waals surface area (Å²) >= 11 is 6.44. The summed E-state index contributed by atoms with van der Waals surface area (Å²) in [6.07, 6.45) is 0. The summed E-state index contributed by atoms with van der Waals surface area (Å²) in [5.41, 5.74) is 1.64. The number of aryl methyl sites for hydroxylation is 1. The first-order chi connectivity index (χ1) is 9.88. The quantitative estimate of drug-likeness (QED) is 0.586. The molecule has 2 rings (SSSR count). The van der Waals surface area contributed by atoms with Crippen LogP contribution in [0.25, 0.3) is 0 Å². The number of hydrogen-bond acceptors (Lipinski definition) is 3. The second-order valence-corrected chi connectivity index (χ2v) is 6.11. The highest BCUT2D eigenvalue weighted by Gasteiger charge is 2.16. The third-order valence-corrected chi connectivity index (χ3v) is 4.01. The fourth-order valence-electron chi connectivity index (χ4n) is 1.76. The first kappa shape index (κ1) is 15.7. The summed E-state index contributed by atoms with van der Waals surface area (Å²) < 4.78 is 1.25. The summed E-state index contributed by atoms with van der Waals surface area (Å²) in [5.74, 6) is -0.393. The van der Waals surface area contributed by atoms with Crippen molar-refractivity contribution < 1.29 is 9.72 Å². The number of carbonyl (C=O) groups is 1. The van der Waals surface area contributed by atoms with Gasteiger partial charge in [-0.2, -0.15) is 0 Å². The molecule has 0 heterocycles. The Morgan fingerprint density at radius 1 is 1.19 bits per heavy atom. The number of nitro benzene ring substituents is 1. The summed E-state index contributed by atoms with van der Waals surface area (Å²) in [6.45, 7) is 1.87. The van der Waals surface area contributed by atoms with E-state index < -0.39 is 10.8 Å². The molecule has 7 heteroatoms. The Kier molecular flexibility index (Phi) is 4.74. The van der Waals surface area contributed by atoms with E-state index >= 15 is 0 Å². The molecule has 0 atom stereocenters. The molecule has 108 valence electrons. The first-order valence-corrected chi connectivity index (χ1v) is 7.48. The molecular weight excluding hydrogens is 404 g/mol. The first-order valence-electron chi connectivity index (χ1n) is 5.90. The van der Waals surface area contributed by atoms with Crippen molar-refractivity contribution in [2.45, 2.75) is 6.92 Å². The van der Waals surface area contributed by atoms with Crippen LogP contribution in [0.15, 0.2) is 45.3 Å². The monoisotopic (exact) mass is 412 g/mol. The third kappa shape index (κ3) is 3.68. The summed E-state index contributed by atoms with van der Waals surface area (Å²) in [5, 5.41) is 13.6. The van der Waals surface area contributed by atoms with Crippen molar-refractivity contribution in [2.75, 3.05) is 5.32 Å². The van der Waals surface area contributed by atoms with Crippen molar-refractivity contribution in [3.05, 3.63) is 66.6 Å². The second kappa shape index (κ2) is 6.36. The predicted molar refractivity (Wildman–Crippen MR) is 87.6 cm³/mol. The Labute approximate surface area is 137 Å². The van der Waals surface area contributed by atoms with Crippen molar-refractivity contribution in [1.82, 2.24) is 0 Å². The van der Waals surface area contributed by atoms with E-state index in [9.17, 15) is 14.9 Å². The molecule has 21 heavy (non-hydrogen) atoms. The van der Waals surface area contributed by atoms with Crippen LogP contribution in [0.3, 0.4) is 0 Å². The van der Waals surface area contributed by atoms with Crippen LogP contribution in [0.2, 0.25) is 0 Å². The number of rotatable bonds is 3. The molecule has 0 spiro atoms. The van der Waals surface area contributed by atoms with Gasteiger partial charge in [0.05, 0.1) is 9.40 Å². The van der Waals surface area contributed by atoms with E-state index in [4.69, 9.17) is 0 Å². The molecular formula is C14H10Br2N2O3. The van der Waals surface area contributed by atoms with E-state index in [1.165, 1.54) is 18.2 Å². The molecule has 0 aromatic heterocycles. The highest BCUT2D eigenvalue weighted by atomic mass is 79.9. The highest BCUT2D eigenvalue weighted by Crippen LogP contribution is 2.26. The minimum absolute atomic E-state index is 0.143. The van der Waals surface area contributed by atoms with Crippen molar-refractivity contribution in [3.8, 4) is 0 Å². The van der Waals surface area contributed by atoms with Gasteiger partial charge in [0.25, 0.3) is 11.6 Å². The molecule has 0 saturated carbocycles. The van der Waals surface area contributed by atoms with Crippen molar-refractivity contribution in [3.63, 3.8) is 0 Å². The number of benzene rings is 2. The smallest absolute Gasteiger partial charge is 0.284 e. The van der Waals surface area contributed by atoms with E-state index in [0.29, 0.717) is 10.2 Å². The number of nitrogens with zero attached hydrogens (tertiary/aromatic N) is 1. The zero-order chi connectivity index (χ0) is 15.6. The van der Waals surface area contributed by atoms with Crippen LogP contribution in [0.5, 0.6) is 0 Å². The molecule has 0 aliphatic heterocycles. The molecule has 5 nitrogen and oxygen atoms in total. The van der Waals surface area contributed by atoms with Gasteiger partial charge in [-0.05, 0) is 58.7 Å². The lowest BCUT2D eigenvalue weighted by molar-refractivity contribution is -0.385. The Morgan fingerprint density at radius 3 is 2.52 bits per heavy atom. The largest absolute Gasteiger partial charge is 0.322 e. The van der Waals surface area contributed by atoms with Crippen LogP contribution in [0, 0.1) is 17.0 Å². The lowest BCUT2D eigenvalue weighted by atomic mass is 10.1. The van der Waals surface area contributed by atoms with Gasteiger partial charge >= 0.3 is 0 Å². The molecule has 2 aromatic rings. The van der Waals surface area contributed by atoms with Crippen LogP contribution in [0.4, 0.5) is 11.4 Å². The van der Waals surface area contributed by atoms with Crippen LogP contribution in [0.1, 0.15) is 15.9 Å². The molecule has 1 amide bonds. The minimum atomic E-state index is -0.536. The maximum absolute atomic E-state index is 12.2. The minimum Gasteiger partial charge on any atom is -0.322 e. The topological polar surface area (TPSA) is 72.2 Å². The Bertz CT molecular complexity index is 732. The summed E-state index contributed by atoms with van der Waals surface area (Å²) in [7, 11) is 0. The highest BCUT2D eigenvalue weighted by molar-refractivity contribution is 9.10. The zero-order valence-electron chi connectivity index (χ0n) is 10.9. The van der Waals surface area contributed by atoms with E-state index in [1.54, 1.807) is 6.07 Å². The number of carbonyl (C=O) groups excluding carboxylic acids is 1. The molecule has 0 saturated heterocycles. The zero-order valence-corrected chi connectivity index (χ0v) is 14.1. The number of hydrogen-bond donors (Lipinski definition) is 1. The number of nitrogens with one attached hydrogen (secondary N) is 1. The van der Waals surface area contributed by atoms with Gasteiger partial charge in [0.2, 0.25) is 0 Å². The van der Waals surface area contributed by atoms with Gasteiger partial charge < -0.3 is 5.32 Å². The second-order valence-electron chi connectivity index (χ2n) is 4.34. The van der Waals surface area contributed by atoms with Gasteiger partial charge in [-0.3, -0.25) is 14.9 Å². The lowest BCUT2D eigenvalue weighted by Crippen LogP contribution is -2.13. The molecule has 0 radical (unpaired) electrons. The van der Waals surface area contributed by atoms with Crippen LogP contribution in [-0.2, 0) is 0 Å². The maximum Gasteiger partial charge on any atom is 0.284 e. The predicted octanol–water partition coefficient (Wildman–Crippen LogP) is 4.68.